The van der Waals surface area contributed by atoms with Crippen LogP contribution in [-0.4, -0.2) is 51.8 Å². The van der Waals surface area contributed by atoms with Crippen molar-refractivity contribution >= 4 is 27.3 Å². The summed E-state index contributed by atoms with van der Waals surface area (Å²) >= 11 is 6.15. The molecule has 3 aromatic rings. The largest absolute Gasteiger partial charge is 0.506 e. The third kappa shape index (κ3) is 8.82. The number of aliphatic hydroxyl groups excluding tert-OH is 1. The van der Waals surface area contributed by atoms with E-state index in [-0.39, 0.29) is 30.4 Å². The molecule has 0 amide bonds. The van der Waals surface area contributed by atoms with Crippen LogP contribution in [0.4, 0.5) is 5.69 Å². The number of hydrogen-bond acceptors (Lipinski definition) is 7. The summed E-state index contributed by atoms with van der Waals surface area (Å²) in [5.74, 6) is 1.06. The van der Waals surface area contributed by atoms with Gasteiger partial charge in [0, 0.05) is 17.6 Å². The zero-order valence-electron chi connectivity index (χ0n) is 21.1. The molecule has 10 heteroatoms. The zero-order valence-corrected chi connectivity index (χ0v) is 22.6. The van der Waals surface area contributed by atoms with Gasteiger partial charge in [-0.25, -0.2) is 8.42 Å². The van der Waals surface area contributed by atoms with Crippen LogP contribution in [0.5, 0.6) is 17.2 Å². The molecular formula is C27H33ClN2O6S. The summed E-state index contributed by atoms with van der Waals surface area (Å²) in [4.78, 5) is 0. The van der Waals surface area contributed by atoms with Crippen molar-refractivity contribution in [1.82, 2.24) is 5.32 Å². The van der Waals surface area contributed by atoms with E-state index >= 15 is 0 Å². The molecule has 3 rings (SSSR count). The minimum Gasteiger partial charge on any atom is -0.506 e. The number of benzene rings is 3. The molecule has 0 radical (unpaired) electrons. The van der Waals surface area contributed by atoms with Crippen molar-refractivity contribution < 1.29 is 28.1 Å². The Morgan fingerprint density at radius 2 is 1.73 bits per heavy atom. The number of ether oxygens (including phenoxy) is 2. The first-order chi connectivity index (χ1) is 17.6. The quantitative estimate of drug-likeness (QED) is 0.235. The molecule has 0 heterocycles. The van der Waals surface area contributed by atoms with Gasteiger partial charge in [0.1, 0.15) is 5.75 Å². The number of sulfonamides is 1. The van der Waals surface area contributed by atoms with Gasteiger partial charge in [0.2, 0.25) is 10.0 Å². The molecule has 0 aromatic heterocycles. The van der Waals surface area contributed by atoms with E-state index in [2.05, 4.69) is 10.0 Å². The van der Waals surface area contributed by atoms with Gasteiger partial charge in [0.15, 0.2) is 11.5 Å². The van der Waals surface area contributed by atoms with Gasteiger partial charge in [-0.1, -0.05) is 35.9 Å². The van der Waals surface area contributed by atoms with Gasteiger partial charge < -0.3 is 25.0 Å². The van der Waals surface area contributed by atoms with E-state index in [9.17, 15) is 18.6 Å². The van der Waals surface area contributed by atoms with Crippen molar-refractivity contribution in [3.05, 3.63) is 82.4 Å². The molecule has 0 spiro atoms. The summed E-state index contributed by atoms with van der Waals surface area (Å²) in [6.07, 6.45) is 2.02. The molecule has 8 nitrogen and oxygen atoms in total. The summed E-state index contributed by atoms with van der Waals surface area (Å²) in [5.41, 5.74) is 2.84. The van der Waals surface area contributed by atoms with Gasteiger partial charge in [-0.05, 0) is 72.4 Å². The number of aliphatic hydroxyl groups is 1. The third-order valence-electron chi connectivity index (χ3n) is 5.85. The monoisotopic (exact) mass is 548 g/mol. The van der Waals surface area contributed by atoms with Crippen LogP contribution < -0.4 is 19.5 Å². The molecule has 0 fully saturated rings. The fraction of sp³-hybridized carbons (Fsp3) is 0.333. The van der Waals surface area contributed by atoms with Crippen LogP contribution in [0, 0.1) is 0 Å². The molecule has 0 aliphatic rings. The molecule has 0 saturated carbocycles. The number of phenols is 1. The van der Waals surface area contributed by atoms with Crippen molar-refractivity contribution in [2.24, 2.45) is 0 Å². The van der Waals surface area contributed by atoms with Gasteiger partial charge in [-0.15, -0.1) is 0 Å². The number of anilines is 1. The minimum absolute atomic E-state index is 0.0740. The lowest BCUT2D eigenvalue weighted by Gasteiger charge is -2.23. The highest BCUT2D eigenvalue weighted by Gasteiger charge is 2.17. The van der Waals surface area contributed by atoms with Crippen LogP contribution in [0.1, 0.15) is 29.2 Å². The molecule has 0 aliphatic heterocycles. The summed E-state index contributed by atoms with van der Waals surface area (Å²) in [5, 5.41) is 24.9. The SMILES string of the molecule is COc1ccc([C@H](CCc2cccc(Cl)c2)NC[C@H](O)Cc2ccc(O)c(NS(C)(=O)=O)c2)cc1OC. The summed E-state index contributed by atoms with van der Waals surface area (Å²) in [6.45, 7) is 0.282. The van der Waals surface area contributed by atoms with E-state index in [1.807, 2.05) is 42.5 Å². The Hall–Kier alpha value is -2.98. The van der Waals surface area contributed by atoms with Gasteiger partial charge in [-0.3, -0.25) is 4.72 Å². The predicted molar refractivity (Wildman–Crippen MR) is 146 cm³/mol. The highest BCUT2D eigenvalue weighted by atomic mass is 35.5. The Bertz CT molecular complexity index is 1300. The zero-order chi connectivity index (χ0) is 27.0. The van der Waals surface area contributed by atoms with Crippen molar-refractivity contribution in [2.75, 3.05) is 31.7 Å². The van der Waals surface area contributed by atoms with E-state index in [0.29, 0.717) is 22.1 Å². The molecule has 0 saturated heterocycles. The minimum atomic E-state index is -3.55. The number of aryl methyl sites for hydroxylation is 1. The number of nitrogens with one attached hydrogen (secondary N) is 2. The van der Waals surface area contributed by atoms with Crippen LogP contribution in [0.2, 0.25) is 5.02 Å². The number of aromatic hydroxyl groups is 1. The first-order valence-electron chi connectivity index (χ1n) is 11.8. The maximum Gasteiger partial charge on any atom is 0.229 e. The third-order valence-corrected chi connectivity index (χ3v) is 6.67. The van der Waals surface area contributed by atoms with Crippen LogP contribution in [-0.2, 0) is 22.9 Å². The normalized spacial score (nSPS) is 13.1. The number of phenolic OH excluding ortho intramolecular Hbond substituents is 1. The van der Waals surface area contributed by atoms with Gasteiger partial charge in [0.05, 0.1) is 32.3 Å². The van der Waals surface area contributed by atoms with E-state index in [1.54, 1.807) is 20.3 Å². The van der Waals surface area contributed by atoms with Crippen molar-refractivity contribution in [2.45, 2.75) is 31.4 Å². The molecule has 200 valence electrons. The fourth-order valence-electron chi connectivity index (χ4n) is 4.07. The maximum absolute atomic E-state index is 11.6. The van der Waals surface area contributed by atoms with Crippen molar-refractivity contribution in [3.63, 3.8) is 0 Å². The van der Waals surface area contributed by atoms with E-state index in [1.165, 1.54) is 12.1 Å². The second-order valence-corrected chi connectivity index (χ2v) is 11.0. The van der Waals surface area contributed by atoms with Crippen LogP contribution in [0.25, 0.3) is 0 Å². The Morgan fingerprint density at radius 1 is 0.973 bits per heavy atom. The van der Waals surface area contributed by atoms with Crippen LogP contribution in [0.15, 0.2) is 60.7 Å². The second-order valence-electron chi connectivity index (χ2n) is 8.83. The van der Waals surface area contributed by atoms with Gasteiger partial charge >= 0.3 is 0 Å². The molecule has 0 bridgehead atoms. The summed E-state index contributed by atoms with van der Waals surface area (Å²) in [7, 11) is -0.378. The smallest absolute Gasteiger partial charge is 0.229 e. The molecule has 0 unspecified atom stereocenters. The Kier molecular flexibility index (Phi) is 10.0. The Labute approximate surface area is 223 Å². The Morgan fingerprint density at radius 3 is 2.41 bits per heavy atom. The highest BCUT2D eigenvalue weighted by molar-refractivity contribution is 7.92. The number of rotatable bonds is 13. The summed E-state index contributed by atoms with van der Waals surface area (Å²) in [6, 6.07) is 17.9. The van der Waals surface area contributed by atoms with Gasteiger partial charge in [0.25, 0.3) is 0 Å². The first kappa shape index (κ1) is 28.6. The standard InChI is InChI=1S/C27H33ClN2O6S/c1-35-26-12-9-20(16-27(26)36-2)23(10-7-18-5-4-6-21(28)13-18)29-17-22(31)14-19-8-11-25(32)24(15-19)30-37(3,33)34/h4-6,8-9,11-13,15-16,22-23,29-32H,7,10,14,17H2,1-3H3/t22-,23+/m1/s1. The van der Waals surface area contributed by atoms with Crippen molar-refractivity contribution in [3.8, 4) is 17.2 Å². The van der Waals surface area contributed by atoms with E-state index in [0.717, 1.165) is 30.2 Å². The molecule has 4 N–H and O–H groups in total. The average Bonchev–Trinajstić information content (AvgIpc) is 2.85. The molecule has 3 aromatic carbocycles. The lowest BCUT2D eigenvalue weighted by Crippen LogP contribution is -2.32. The lowest BCUT2D eigenvalue weighted by molar-refractivity contribution is 0.166. The second kappa shape index (κ2) is 13.0. The maximum atomic E-state index is 11.6. The van der Waals surface area contributed by atoms with E-state index < -0.39 is 16.1 Å². The number of methoxy groups -OCH3 is 2. The predicted octanol–water partition coefficient (Wildman–Crippen LogP) is 4.30. The average molecular weight is 549 g/mol. The molecular weight excluding hydrogens is 516 g/mol. The topological polar surface area (TPSA) is 117 Å². The van der Waals surface area contributed by atoms with Crippen LogP contribution in [0.3, 0.4) is 0 Å². The van der Waals surface area contributed by atoms with Gasteiger partial charge in [-0.2, -0.15) is 0 Å². The Balaban J connectivity index is 1.73. The van der Waals surface area contributed by atoms with Crippen molar-refractivity contribution in [1.29, 1.82) is 0 Å². The molecule has 37 heavy (non-hydrogen) atoms. The fourth-order valence-corrected chi connectivity index (χ4v) is 4.85. The summed E-state index contributed by atoms with van der Waals surface area (Å²) < 4.78 is 36.3. The first-order valence-corrected chi connectivity index (χ1v) is 14.0. The number of halogens is 1. The molecule has 2 atom stereocenters. The van der Waals surface area contributed by atoms with E-state index in [4.69, 9.17) is 21.1 Å². The number of hydrogen-bond donors (Lipinski definition) is 4. The molecule has 0 aliphatic carbocycles. The lowest BCUT2D eigenvalue weighted by atomic mass is 9.98. The van der Waals surface area contributed by atoms with Crippen LogP contribution >= 0.6 is 11.6 Å². The highest BCUT2D eigenvalue weighted by Crippen LogP contribution is 2.32.